The number of carbonyl (C=O) groups is 4. The first-order valence-corrected chi connectivity index (χ1v) is 12.1. The molecule has 2 saturated heterocycles. The van der Waals surface area contributed by atoms with Crippen molar-refractivity contribution in [2.24, 2.45) is 23.7 Å². The van der Waals surface area contributed by atoms with Crippen LogP contribution >= 0.6 is 0 Å². The highest BCUT2D eigenvalue weighted by atomic mass is 16.5. The number of nitrogens with one attached hydrogen (secondary N) is 2. The summed E-state index contributed by atoms with van der Waals surface area (Å²) in [6, 6.07) is 17.5. The number of methoxy groups -OCH3 is 2. The van der Waals surface area contributed by atoms with Crippen LogP contribution in [0.25, 0.3) is 0 Å². The Morgan fingerprint density at radius 2 is 1.03 bits per heavy atom. The van der Waals surface area contributed by atoms with Gasteiger partial charge in [-0.2, -0.15) is 0 Å². The van der Waals surface area contributed by atoms with E-state index in [1.807, 2.05) is 60.7 Å². The van der Waals surface area contributed by atoms with Gasteiger partial charge in [-0.3, -0.25) is 29.8 Å². The first kappa shape index (κ1) is 24.3. The van der Waals surface area contributed by atoms with Crippen molar-refractivity contribution >= 4 is 23.5 Å². The van der Waals surface area contributed by atoms with Gasteiger partial charge in [-0.15, -0.1) is 0 Å². The largest absolute Gasteiger partial charge is 0.468 e. The molecule has 1 aliphatic carbocycles. The van der Waals surface area contributed by atoms with E-state index in [0.717, 1.165) is 11.1 Å². The van der Waals surface area contributed by atoms with Crippen molar-refractivity contribution < 1.29 is 28.7 Å². The van der Waals surface area contributed by atoms with Gasteiger partial charge in [0.05, 0.1) is 26.1 Å². The Morgan fingerprint density at radius 1 is 0.667 bits per heavy atom. The molecule has 0 unspecified atom stereocenters. The predicted molar refractivity (Wildman–Crippen MR) is 129 cm³/mol. The molecule has 0 aromatic heterocycles. The highest BCUT2D eigenvalue weighted by Gasteiger charge is 2.72. The number of hydrogen-bond acceptors (Lipinski definition) is 8. The molecule has 3 aliphatic rings. The van der Waals surface area contributed by atoms with Gasteiger partial charge in [-0.1, -0.05) is 60.7 Å². The predicted octanol–water partition coefficient (Wildman–Crippen LogP) is 2.16. The van der Waals surface area contributed by atoms with E-state index in [9.17, 15) is 19.2 Å². The van der Waals surface area contributed by atoms with Crippen molar-refractivity contribution in [1.29, 1.82) is 0 Å². The molecule has 0 bridgehead atoms. The van der Waals surface area contributed by atoms with E-state index in [1.165, 1.54) is 14.2 Å². The third-order valence-electron chi connectivity index (χ3n) is 8.40. The molecular formula is C28H30N2O6. The lowest BCUT2D eigenvalue weighted by molar-refractivity contribution is -0.160. The Kier molecular flexibility index (Phi) is 5.84. The summed E-state index contributed by atoms with van der Waals surface area (Å²) in [6.07, 6.45) is 0. The molecule has 2 aromatic rings. The lowest BCUT2D eigenvalue weighted by atomic mass is 9.58. The molecule has 2 aliphatic heterocycles. The molecule has 8 heteroatoms. The van der Waals surface area contributed by atoms with Gasteiger partial charge in [-0.05, 0) is 25.0 Å². The van der Waals surface area contributed by atoms with Crippen LogP contribution < -0.4 is 10.6 Å². The van der Waals surface area contributed by atoms with E-state index < -0.39 is 58.8 Å². The second-order valence-electron chi connectivity index (χ2n) is 10.3. The van der Waals surface area contributed by atoms with E-state index in [-0.39, 0.29) is 11.6 Å². The maximum atomic E-state index is 14.5. The Labute approximate surface area is 209 Å². The molecule has 1 saturated carbocycles. The molecule has 8 nitrogen and oxygen atoms in total. The Balaban J connectivity index is 1.70. The molecule has 0 spiro atoms. The van der Waals surface area contributed by atoms with E-state index in [4.69, 9.17) is 9.47 Å². The van der Waals surface area contributed by atoms with Crippen LogP contribution in [0.3, 0.4) is 0 Å². The molecule has 0 amide bonds. The Bertz CT molecular complexity index is 1130. The number of hydrogen-bond donors (Lipinski definition) is 2. The van der Waals surface area contributed by atoms with E-state index >= 15 is 0 Å². The summed E-state index contributed by atoms with van der Waals surface area (Å²) in [4.78, 5) is 55.1. The number of fused-ring (bicyclic) bond motifs is 2. The number of benzene rings is 2. The summed E-state index contributed by atoms with van der Waals surface area (Å²) >= 11 is 0. The summed E-state index contributed by atoms with van der Waals surface area (Å²) in [5, 5.41) is 6.60. The summed E-state index contributed by atoms with van der Waals surface area (Å²) in [7, 11) is 2.53. The third-order valence-corrected chi connectivity index (χ3v) is 8.40. The van der Waals surface area contributed by atoms with Gasteiger partial charge in [-0.25, -0.2) is 0 Å². The lowest BCUT2D eigenvalue weighted by Crippen LogP contribution is -2.61. The molecule has 0 radical (unpaired) electrons. The smallest absolute Gasteiger partial charge is 0.326 e. The van der Waals surface area contributed by atoms with Gasteiger partial charge in [0.15, 0.2) is 0 Å². The Morgan fingerprint density at radius 3 is 1.36 bits per heavy atom. The number of Topliss-reactive ketones (excluding diaryl/α,β-unsaturated/α-hetero) is 2. The van der Waals surface area contributed by atoms with Gasteiger partial charge < -0.3 is 9.47 Å². The van der Waals surface area contributed by atoms with Crippen LogP contribution in [-0.2, 0) is 28.7 Å². The van der Waals surface area contributed by atoms with Crippen LogP contribution in [0.2, 0.25) is 0 Å². The van der Waals surface area contributed by atoms with Crippen LogP contribution in [0, 0.1) is 23.7 Å². The number of ketones is 2. The van der Waals surface area contributed by atoms with Crippen molar-refractivity contribution in [3.05, 3.63) is 71.8 Å². The van der Waals surface area contributed by atoms with E-state index in [1.54, 1.807) is 13.8 Å². The minimum absolute atomic E-state index is 0.160. The minimum Gasteiger partial charge on any atom is -0.468 e. The van der Waals surface area contributed by atoms with Gasteiger partial charge in [0, 0.05) is 23.9 Å². The quantitative estimate of drug-likeness (QED) is 0.628. The summed E-state index contributed by atoms with van der Waals surface area (Å²) in [5.41, 5.74) is -1.28. The number of rotatable bonds is 4. The molecule has 5 rings (SSSR count). The van der Waals surface area contributed by atoms with Crippen LogP contribution in [0.5, 0.6) is 0 Å². The fraction of sp³-hybridized carbons (Fsp3) is 0.429. The number of ether oxygens (including phenoxy) is 2. The maximum Gasteiger partial charge on any atom is 0.326 e. The summed E-state index contributed by atoms with van der Waals surface area (Å²) in [6.45, 7) is 3.22. The standard InChI is InChI=1S/C28H30N2O6/c1-27(25(33)35-3)19-17(21(29-27)15-11-7-5-8-12-15)23(31)18-20(24(19)32)28(2,26(34)36-4)30-22(18)16-13-9-6-10-14-16/h5-14,17-22,29-30H,1-4H3/t17-,18-,19-,20-,21-,22-,27-,28-/m0/s1. The molecule has 2 heterocycles. The summed E-state index contributed by atoms with van der Waals surface area (Å²) < 4.78 is 10.2. The first-order chi connectivity index (χ1) is 17.2. The lowest BCUT2D eigenvalue weighted by Gasteiger charge is -2.41. The van der Waals surface area contributed by atoms with Crippen LogP contribution in [0.4, 0.5) is 0 Å². The topological polar surface area (TPSA) is 111 Å². The number of carbonyl (C=O) groups excluding carboxylic acids is 4. The first-order valence-electron chi connectivity index (χ1n) is 12.1. The molecule has 3 fully saturated rings. The molecular weight excluding hydrogens is 460 g/mol. The highest BCUT2D eigenvalue weighted by molar-refractivity contribution is 6.08. The minimum atomic E-state index is -1.44. The van der Waals surface area contributed by atoms with Gasteiger partial charge in [0.1, 0.15) is 22.6 Å². The van der Waals surface area contributed by atoms with Gasteiger partial charge in [0.25, 0.3) is 0 Å². The molecule has 8 atom stereocenters. The van der Waals surface area contributed by atoms with Crippen molar-refractivity contribution in [3.8, 4) is 0 Å². The SMILES string of the molecule is COC(=O)[C@@]1(C)N[C@@H](c2ccccc2)[C@H]2C(=O)[C@H]3[C@@H](C(=O)[C@H]21)[C@@](C)(C(=O)OC)N[C@H]3c1ccccc1. The van der Waals surface area contributed by atoms with Crippen LogP contribution in [-0.4, -0.2) is 48.8 Å². The zero-order chi connectivity index (χ0) is 25.8. The number of esters is 2. The van der Waals surface area contributed by atoms with Crippen molar-refractivity contribution in [1.82, 2.24) is 10.6 Å². The monoisotopic (exact) mass is 490 g/mol. The third kappa shape index (κ3) is 3.28. The molecule has 2 aromatic carbocycles. The van der Waals surface area contributed by atoms with Crippen LogP contribution in [0.1, 0.15) is 37.1 Å². The van der Waals surface area contributed by atoms with Crippen LogP contribution in [0.15, 0.2) is 60.7 Å². The second kappa shape index (κ2) is 8.64. The van der Waals surface area contributed by atoms with Crippen molar-refractivity contribution in [2.45, 2.75) is 37.0 Å². The maximum absolute atomic E-state index is 14.5. The zero-order valence-electron chi connectivity index (χ0n) is 20.7. The van der Waals surface area contributed by atoms with Crippen molar-refractivity contribution in [3.63, 3.8) is 0 Å². The highest BCUT2D eigenvalue weighted by Crippen LogP contribution is 2.57. The van der Waals surface area contributed by atoms with E-state index in [2.05, 4.69) is 10.6 Å². The van der Waals surface area contributed by atoms with Gasteiger partial charge in [0.2, 0.25) is 0 Å². The average Bonchev–Trinajstić information content (AvgIpc) is 3.41. The summed E-state index contributed by atoms with van der Waals surface area (Å²) in [5.74, 6) is -5.36. The molecule has 188 valence electrons. The fourth-order valence-electron chi connectivity index (χ4n) is 6.80. The fourth-order valence-corrected chi connectivity index (χ4v) is 6.80. The average molecular weight is 491 g/mol. The van der Waals surface area contributed by atoms with E-state index in [0.29, 0.717) is 0 Å². The molecule has 2 N–H and O–H groups in total. The normalized spacial score (nSPS) is 37.2. The van der Waals surface area contributed by atoms with Gasteiger partial charge >= 0.3 is 11.9 Å². The molecule has 36 heavy (non-hydrogen) atoms. The second-order valence-corrected chi connectivity index (χ2v) is 10.3. The zero-order valence-corrected chi connectivity index (χ0v) is 20.7. The Hall–Kier alpha value is -3.36. The van der Waals surface area contributed by atoms with Crippen molar-refractivity contribution in [2.75, 3.05) is 14.2 Å².